The molecular weight excluding hydrogens is 558 g/mol. The van der Waals surface area contributed by atoms with E-state index in [4.69, 9.17) is 4.98 Å². The van der Waals surface area contributed by atoms with Crippen molar-refractivity contribution >= 4 is 50.6 Å². The molecule has 36 heavy (non-hydrogen) atoms. The van der Waals surface area contributed by atoms with Gasteiger partial charge in [-0.1, -0.05) is 11.8 Å². The van der Waals surface area contributed by atoms with E-state index < -0.39 is 17.7 Å². The molecule has 2 fully saturated rings. The zero-order valence-corrected chi connectivity index (χ0v) is 21.8. The first-order chi connectivity index (χ1) is 17.2. The number of aryl methyl sites for hydroxylation is 1. The van der Waals surface area contributed by atoms with Crippen molar-refractivity contribution < 1.29 is 23.8 Å². The number of nitrogens with zero attached hydrogens (tertiary/aromatic N) is 5. The minimum Gasteiger partial charge on any atom is -0.504 e. The number of alkyl halides is 2. The second-order valence-electron chi connectivity index (χ2n) is 9.14. The summed E-state index contributed by atoms with van der Waals surface area (Å²) in [4.78, 5) is 28.0. The van der Waals surface area contributed by atoms with Crippen LogP contribution < -0.4 is 5.32 Å². The van der Waals surface area contributed by atoms with E-state index in [9.17, 15) is 23.8 Å². The molecular formula is C23H25BrF2N6O3S. The third-order valence-electron chi connectivity index (χ3n) is 6.78. The maximum absolute atomic E-state index is 13.3. The lowest BCUT2D eigenvalue weighted by Crippen LogP contribution is -2.40. The molecule has 2 aliphatic rings. The molecule has 1 aromatic carbocycles. The van der Waals surface area contributed by atoms with E-state index in [-0.39, 0.29) is 17.9 Å². The van der Waals surface area contributed by atoms with Crippen LogP contribution in [0.2, 0.25) is 0 Å². The first-order valence-corrected chi connectivity index (χ1v) is 13.2. The fraction of sp³-hybridized carbons (Fsp3) is 0.478. The third-order valence-corrected chi connectivity index (χ3v) is 8.75. The summed E-state index contributed by atoms with van der Waals surface area (Å²) in [7, 11) is 1.76. The minimum absolute atomic E-state index is 0.224. The largest absolute Gasteiger partial charge is 0.504 e. The molecule has 13 heteroatoms. The molecule has 2 aromatic heterocycles. The number of halogens is 3. The number of benzene rings is 1. The number of aromatic hydroxyl groups is 2. The highest BCUT2D eigenvalue weighted by molar-refractivity contribution is 9.10. The quantitative estimate of drug-likeness (QED) is 0.349. The topological polar surface area (TPSA) is 116 Å². The summed E-state index contributed by atoms with van der Waals surface area (Å²) >= 11 is 4.75. The van der Waals surface area contributed by atoms with E-state index in [1.165, 1.54) is 30.2 Å². The first kappa shape index (κ1) is 25.0. The average molecular weight is 583 g/mol. The molecule has 1 aliphatic carbocycles. The van der Waals surface area contributed by atoms with E-state index >= 15 is 0 Å². The number of phenols is 2. The zero-order chi connectivity index (χ0) is 25.6. The van der Waals surface area contributed by atoms with Crippen molar-refractivity contribution in [2.45, 2.75) is 48.2 Å². The molecule has 3 N–H and O–H groups in total. The Morgan fingerprint density at radius 3 is 2.61 bits per heavy atom. The Balaban J connectivity index is 1.33. The average Bonchev–Trinajstić information content (AvgIpc) is 3.35. The molecule has 1 atom stereocenters. The summed E-state index contributed by atoms with van der Waals surface area (Å²) in [5.41, 5.74) is 1.28. The van der Waals surface area contributed by atoms with Gasteiger partial charge in [-0.2, -0.15) is 0 Å². The number of aromatic nitrogens is 4. The molecule has 5 rings (SSSR count). The molecule has 9 nitrogen and oxygen atoms in total. The van der Waals surface area contributed by atoms with Gasteiger partial charge in [0.05, 0.1) is 0 Å². The number of anilines is 1. The molecule has 0 radical (unpaired) electrons. The lowest BCUT2D eigenvalue weighted by atomic mass is 9.93. The molecule has 1 amide bonds. The lowest BCUT2D eigenvalue weighted by molar-refractivity contribution is -0.136. The maximum atomic E-state index is 13.3. The highest BCUT2D eigenvalue weighted by atomic mass is 79.9. The molecule has 0 bridgehead atoms. The standard InChI is InChI=1S/C23H25BrF2N6O3S/c1-27-19-18-20(29-11-28-19)32(22(30-18)36-17-9-16(34)15(33)8-14(17)24)7-4-12-2-5-31(6-3-12)21(35)13-10-23(13,25)26/h8-9,11-13,33-34H,2-7,10H2,1H3,(H,27,28,29). The van der Waals surface area contributed by atoms with Crippen molar-refractivity contribution in [1.82, 2.24) is 24.4 Å². The zero-order valence-electron chi connectivity index (χ0n) is 19.4. The predicted molar refractivity (Wildman–Crippen MR) is 133 cm³/mol. The Bertz CT molecular complexity index is 1310. The van der Waals surface area contributed by atoms with Crippen LogP contribution in [-0.4, -0.2) is 66.6 Å². The molecule has 192 valence electrons. The molecule has 1 aliphatic heterocycles. The highest BCUT2D eigenvalue weighted by Gasteiger charge is 2.62. The van der Waals surface area contributed by atoms with Crippen LogP contribution in [0.4, 0.5) is 14.6 Å². The fourth-order valence-electron chi connectivity index (χ4n) is 4.54. The molecule has 1 saturated heterocycles. The number of nitrogens with one attached hydrogen (secondary N) is 1. The van der Waals surface area contributed by atoms with Crippen molar-refractivity contribution in [2.24, 2.45) is 11.8 Å². The van der Waals surface area contributed by atoms with Crippen LogP contribution >= 0.6 is 27.7 Å². The fourth-order valence-corrected chi connectivity index (χ4v) is 6.07. The normalized spacial score (nSPS) is 19.6. The predicted octanol–water partition coefficient (Wildman–Crippen LogP) is 4.48. The molecule has 3 aromatic rings. The molecule has 1 unspecified atom stereocenters. The number of carbonyl (C=O) groups excluding carboxylic acids is 1. The Hall–Kier alpha value is -2.67. The van der Waals surface area contributed by atoms with Gasteiger partial charge in [-0.15, -0.1) is 0 Å². The molecule has 1 saturated carbocycles. The smallest absolute Gasteiger partial charge is 0.260 e. The van der Waals surface area contributed by atoms with Crippen LogP contribution in [0.1, 0.15) is 25.7 Å². The van der Waals surface area contributed by atoms with Gasteiger partial charge in [0, 0.05) is 42.5 Å². The summed E-state index contributed by atoms with van der Waals surface area (Å²) in [5.74, 6) is -3.91. The second-order valence-corrected chi connectivity index (χ2v) is 11.0. The van der Waals surface area contributed by atoms with Gasteiger partial charge < -0.3 is 25.0 Å². The third kappa shape index (κ3) is 4.82. The van der Waals surface area contributed by atoms with Gasteiger partial charge in [-0.05, 0) is 53.2 Å². The SMILES string of the molecule is CNc1ncnc2c1nc(Sc1cc(O)c(O)cc1Br)n2CCC1CCN(C(=O)C2CC2(F)F)CC1. The van der Waals surface area contributed by atoms with Crippen molar-refractivity contribution in [3.05, 3.63) is 22.9 Å². The Morgan fingerprint density at radius 1 is 1.25 bits per heavy atom. The Morgan fingerprint density at radius 2 is 1.94 bits per heavy atom. The summed E-state index contributed by atoms with van der Waals surface area (Å²) in [6, 6.07) is 2.89. The van der Waals surface area contributed by atoms with E-state index in [1.54, 1.807) is 11.9 Å². The first-order valence-electron chi connectivity index (χ1n) is 11.6. The van der Waals surface area contributed by atoms with Gasteiger partial charge >= 0.3 is 0 Å². The Kier molecular flexibility index (Phi) is 6.70. The van der Waals surface area contributed by atoms with Crippen molar-refractivity contribution in [3.63, 3.8) is 0 Å². The summed E-state index contributed by atoms with van der Waals surface area (Å²) in [5, 5.41) is 23.4. The molecule has 3 heterocycles. The van der Waals surface area contributed by atoms with E-state index in [0.717, 1.165) is 19.3 Å². The van der Waals surface area contributed by atoms with Crippen LogP contribution in [0.3, 0.4) is 0 Å². The molecule has 0 spiro atoms. The summed E-state index contributed by atoms with van der Waals surface area (Å²) in [6.45, 7) is 1.60. The number of fused-ring (bicyclic) bond motifs is 1. The van der Waals surface area contributed by atoms with Crippen molar-refractivity contribution in [1.29, 1.82) is 0 Å². The van der Waals surface area contributed by atoms with Crippen LogP contribution in [0.5, 0.6) is 11.5 Å². The van der Waals surface area contributed by atoms with Crippen LogP contribution in [0.15, 0.2) is 33.0 Å². The Labute approximate surface area is 218 Å². The number of hydrogen-bond donors (Lipinski definition) is 3. The van der Waals surface area contributed by atoms with Gasteiger partial charge in [0.25, 0.3) is 5.92 Å². The van der Waals surface area contributed by atoms with Gasteiger partial charge in [-0.25, -0.2) is 23.7 Å². The van der Waals surface area contributed by atoms with Crippen LogP contribution in [0.25, 0.3) is 11.2 Å². The second kappa shape index (κ2) is 9.66. The number of rotatable bonds is 7. The van der Waals surface area contributed by atoms with Gasteiger partial charge in [0.2, 0.25) is 5.91 Å². The number of hydrogen-bond acceptors (Lipinski definition) is 8. The minimum atomic E-state index is -2.83. The number of phenolic OH excluding ortho intramolecular Hbond substituents is 2. The van der Waals surface area contributed by atoms with E-state index in [1.807, 2.05) is 4.57 Å². The number of likely N-dealkylation sites (tertiary alicyclic amines) is 1. The van der Waals surface area contributed by atoms with E-state index in [2.05, 4.69) is 31.2 Å². The van der Waals surface area contributed by atoms with Gasteiger partial charge in [0.15, 0.2) is 33.6 Å². The van der Waals surface area contributed by atoms with Crippen LogP contribution in [-0.2, 0) is 11.3 Å². The van der Waals surface area contributed by atoms with Gasteiger partial charge in [-0.3, -0.25) is 4.79 Å². The highest BCUT2D eigenvalue weighted by Crippen LogP contribution is 2.50. The number of amides is 1. The van der Waals surface area contributed by atoms with Gasteiger partial charge in [0.1, 0.15) is 12.2 Å². The van der Waals surface area contributed by atoms with Crippen molar-refractivity contribution in [2.75, 3.05) is 25.5 Å². The monoisotopic (exact) mass is 582 g/mol. The number of piperidine rings is 1. The number of imidazole rings is 1. The lowest BCUT2D eigenvalue weighted by Gasteiger charge is -2.32. The summed E-state index contributed by atoms with van der Waals surface area (Å²) in [6.07, 6.45) is 3.47. The van der Waals surface area contributed by atoms with Crippen LogP contribution in [0, 0.1) is 11.8 Å². The van der Waals surface area contributed by atoms with Crippen molar-refractivity contribution in [3.8, 4) is 11.5 Å². The van der Waals surface area contributed by atoms with E-state index in [0.29, 0.717) is 57.1 Å². The summed E-state index contributed by atoms with van der Waals surface area (Å²) < 4.78 is 29.2. The maximum Gasteiger partial charge on any atom is 0.260 e. The number of carbonyl (C=O) groups is 1.